The van der Waals surface area contributed by atoms with Crippen LogP contribution in [0.1, 0.15) is 28.4 Å². The fourth-order valence-corrected chi connectivity index (χ4v) is 5.15. The summed E-state index contributed by atoms with van der Waals surface area (Å²) in [7, 11) is 0. The second kappa shape index (κ2) is 14.7. The first-order chi connectivity index (χ1) is 22.1. The second-order valence-electron chi connectivity index (χ2n) is 9.67. The minimum absolute atomic E-state index is 0.146. The SMILES string of the molecule is CC(Sc1cccc(NC(=O)/C(=C/c2cccc(Cl)c2)NC(=O)c2ccccc2)c1)C(=O)Nc1c(F)c(F)c(C(F)(F)F)c(F)c1F. The van der Waals surface area contributed by atoms with Gasteiger partial charge in [0.15, 0.2) is 23.3 Å². The summed E-state index contributed by atoms with van der Waals surface area (Å²) in [5.74, 6) is -12.8. The highest BCUT2D eigenvalue weighted by Crippen LogP contribution is 2.39. The van der Waals surface area contributed by atoms with E-state index in [1.807, 2.05) is 0 Å². The van der Waals surface area contributed by atoms with Gasteiger partial charge in [-0.15, -0.1) is 11.8 Å². The third-order valence-electron chi connectivity index (χ3n) is 6.26. The van der Waals surface area contributed by atoms with Gasteiger partial charge in [-0.1, -0.05) is 48.0 Å². The molecule has 47 heavy (non-hydrogen) atoms. The van der Waals surface area contributed by atoms with Gasteiger partial charge in [0.2, 0.25) is 5.91 Å². The Morgan fingerprint density at radius 3 is 2.06 bits per heavy atom. The standard InChI is InChI=1S/C32H21ClF7N3O3S/c1-16(29(44)43-28-26(36)24(34)23(32(38,39)40)25(35)27(28)37)47-21-12-6-11-20(15-21)41-31(46)22(14-17-7-5-10-19(33)13-17)42-30(45)18-8-3-2-4-9-18/h2-16H,1H3,(H,41,46)(H,42,45)(H,43,44)/b22-14-. The summed E-state index contributed by atoms with van der Waals surface area (Å²) in [5.41, 5.74) is -3.65. The van der Waals surface area contributed by atoms with Crippen LogP contribution in [0, 0.1) is 23.3 Å². The van der Waals surface area contributed by atoms with Gasteiger partial charge < -0.3 is 16.0 Å². The first kappa shape index (κ1) is 35.0. The highest BCUT2D eigenvalue weighted by atomic mass is 35.5. The monoisotopic (exact) mass is 695 g/mol. The number of halogens is 8. The molecule has 3 amide bonds. The summed E-state index contributed by atoms with van der Waals surface area (Å²) >= 11 is 6.84. The van der Waals surface area contributed by atoms with Crippen LogP contribution in [-0.4, -0.2) is 23.0 Å². The smallest absolute Gasteiger partial charge is 0.321 e. The molecule has 0 heterocycles. The topological polar surface area (TPSA) is 87.3 Å². The molecule has 0 aromatic heterocycles. The molecule has 0 saturated heterocycles. The molecule has 1 unspecified atom stereocenters. The van der Waals surface area contributed by atoms with E-state index in [1.54, 1.807) is 59.9 Å². The maximum absolute atomic E-state index is 14.3. The molecule has 0 fully saturated rings. The third-order valence-corrected chi connectivity index (χ3v) is 7.59. The zero-order valence-corrected chi connectivity index (χ0v) is 25.4. The zero-order valence-electron chi connectivity index (χ0n) is 23.8. The zero-order chi connectivity index (χ0) is 34.5. The van der Waals surface area contributed by atoms with Crippen molar-refractivity contribution in [2.24, 2.45) is 0 Å². The van der Waals surface area contributed by atoms with E-state index in [9.17, 15) is 45.1 Å². The molecule has 4 aromatic carbocycles. The molecule has 0 aliphatic heterocycles. The Hall–Kier alpha value is -4.82. The number of hydrogen-bond donors (Lipinski definition) is 3. The molecule has 0 aliphatic carbocycles. The van der Waals surface area contributed by atoms with Crippen LogP contribution in [0.4, 0.5) is 42.1 Å². The van der Waals surface area contributed by atoms with Crippen molar-refractivity contribution in [1.29, 1.82) is 0 Å². The molecule has 3 N–H and O–H groups in total. The van der Waals surface area contributed by atoms with E-state index in [1.165, 1.54) is 37.3 Å². The van der Waals surface area contributed by atoms with Gasteiger partial charge in [0.05, 0.1) is 5.25 Å². The van der Waals surface area contributed by atoms with Gasteiger partial charge >= 0.3 is 6.18 Å². The van der Waals surface area contributed by atoms with E-state index in [2.05, 4.69) is 10.6 Å². The van der Waals surface area contributed by atoms with Crippen molar-refractivity contribution in [1.82, 2.24) is 5.32 Å². The number of carbonyl (C=O) groups is 3. The molecule has 4 aromatic rings. The first-order valence-electron chi connectivity index (χ1n) is 13.3. The molecule has 0 spiro atoms. The first-order valence-corrected chi connectivity index (χ1v) is 14.6. The number of carbonyl (C=O) groups excluding carboxylic acids is 3. The molecule has 0 radical (unpaired) electrons. The Morgan fingerprint density at radius 1 is 0.809 bits per heavy atom. The van der Waals surface area contributed by atoms with Crippen molar-refractivity contribution in [2.45, 2.75) is 23.2 Å². The van der Waals surface area contributed by atoms with Crippen LogP contribution in [-0.2, 0) is 15.8 Å². The Balaban J connectivity index is 1.51. The number of benzene rings is 4. The molecular formula is C32H21ClF7N3O3S. The van der Waals surface area contributed by atoms with Gasteiger partial charge in [-0.3, -0.25) is 14.4 Å². The Bertz CT molecular complexity index is 1840. The van der Waals surface area contributed by atoms with Crippen LogP contribution < -0.4 is 16.0 Å². The van der Waals surface area contributed by atoms with Crippen LogP contribution in [0.3, 0.4) is 0 Å². The van der Waals surface area contributed by atoms with Crippen LogP contribution in [0.5, 0.6) is 0 Å². The summed E-state index contributed by atoms with van der Waals surface area (Å²) in [6.07, 6.45) is -4.33. The predicted octanol–water partition coefficient (Wildman–Crippen LogP) is 8.44. The summed E-state index contributed by atoms with van der Waals surface area (Å²) in [4.78, 5) is 39.1. The van der Waals surface area contributed by atoms with Gasteiger partial charge in [-0.25, -0.2) is 17.6 Å². The lowest BCUT2D eigenvalue weighted by Crippen LogP contribution is -2.30. The molecule has 15 heteroatoms. The van der Waals surface area contributed by atoms with E-state index in [0.29, 0.717) is 15.5 Å². The second-order valence-corrected chi connectivity index (χ2v) is 11.5. The number of thioether (sulfide) groups is 1. The van der Waals surface area contributed by atoms with Crippen molar-refractivity contribution in [3.8, 4) is 0 Å². The number of anilines is 2. The van der Waals surface area contributed by atoms with Gasteiger partial charge in [-0.2, -0.15) is 13.2 Å². The lowest BCUT2D eigenvalue weighted by Gasteiger charge is -2.17. The van der Waals surface area contributed by atoms with Gasteiger partial charge in [0.1, 0.15) is 16.9 Å². The van der Waals surface area contributed by atoms with E-state index >= 15 is 0 Å². The van der Waals surface area contributed by atoms with Crippen LogP contribution in [0.2, 0.25) is 5.02 Å². The van der Waals surface area contributed by atoms with Crippen LogP contribution in [0.15, 0.2) is 89.5 Å². The van der Waals surface area contributed by atoms with Crippen LogP contribution >= 0.6 is 23.4 Å². The Kier molecular flexibility index (Phi) is 11.0. The number of rotatable bonds is 9. The maximum atomic E-state index is 14.3. The minimum atomic E-state index is -5.73. The summed E-state index contributed by atoms with van der Waals surface area (Å²) in [6, 6.07) is 20.5. The lowest BCUT2D eigenvalue weighted by molar-refractivity contribution is -0.143. The number of amides is 3. The average molecular weight is 696 g/mol. The molecular weight excluding hydrogens is 675 g/mol. The molecule has 0 bridgehead atoms. The van der Waals surface area contributed by atoms with Gasteiger partial charge in [0.25, 0.3) is 11.8 Å². The maximum Gasteiger partial charge on any atom is 0.422 e. The number of hydrogen-bond acceptors (Lipinski definition) is 4. The van der Waals surface area contributed by atoms with Crippen molar-refractivity contribution in [2.75, 3.05) is 10.6 Å². The fraction of sp³-hybridized carbons (Fsp3) is 0.0938. The van der Waals surface area contributed by atoms with Crippen LogP contribution in [0.25, 0.3) is 6.08 Å². The highest BCUT2D eigenvalue weighted by Gasteiger charge is 2.42. The summed E-state index contributed by atoms with van der Waals surface area (Å²) in [5, 5.41) is 5.95. The van der Waals surface area contributed by atoms with E-state index < -0.39 is 63.7 Å². The molecule has 244 valence electrons. The minimum Gasteiger partial charge on any atom is -0.321 e. The Labute approximate surface area is 272 Å². The molecule has 1 atom stereocenters. The third kappa shape index (κ3) is 8.71. The largest absolute Gasteiger partial charge is 0.422 e. The predicted molar refractivity (Wildman–Crippen MR) is 164 cm³/mol. The number of nitrogens with one attached hydrogen (secondary N) is 3. The fourth-order valence-electron chi connectivity index (χ4n) is 4.02. The molecule has 6 nitrogen and oxygen atoms in total. The van der Waals surface area contributed by atoms with Gasteiger partial charge in [0, 0.05) is 21.2 Å². The summed E-state index contributed by atoms with van der Waals surface area (Å²) in [6.45, 7) is 1.25. The van der Waals surface area contributed by atoms with Crippen molar-refractivity contribution in [3.05, 3.63) is 130 Å². The van der Waals surface area contributed by atoms with Gasteiger partial charge in [-0.05, 0) is 61.0 Å². The average Bonchev–Trinajstić information content (AvgIpc) is 3.01. The molecule has 4 rings (SSSR count). The number of alkyl halides is 3. The van der Waals surface area contributed by atoms with Crippen molar-refractivity contribution >= 4 is 58.5 Å². The summed E-state index contributed by atoms with van der Waals surface area (Å²) < 4.78 is 95.1. The Morgan fingerprint density at radius 2 is 1.45 bits per heavy atom. The molecule has 0 saturated carbocycles. The van der Waals surface area contributed by atoms with E-state index in [-0.39, 0.29) is 16.9 Å². The van der Waals surface area contributed by atoms with E-state index in [0.717, 1.165) is 11.8 Å². The lowest BCUT2D eigenvalue weighted by atomic mass is 10.1. The highest BCUT2D eigenvalue weighted by molar-refractivity contribution is 8.00. The van der Waals surface area contributed by atoms with Crippen molar-refractivity contribution in [3.63, 3.8) is 0 Å². The normalized spacial score (nSPS) is 12.3. The molecule has 0 aliphatic rings. The van der Waals surface area contributed by atoms with E-state index in [4.69, 9.17) is 11.6 Å². The van der Waals surface area contributed by atoms with Crippen molar-refractivity contribution < 1.29 is 45.1 Å². The quantitative estimate of drug-likeness (QED) is 0.0710.